The maximum absolute atomic E-state index is 10.6. The van der Waals surface area contributed by atoms with E-state index in [9.17, 15) is 24.0 Å². The van der Waals surface area contributed by atoms with Crippen LogP contribution < -0.4 is 0 Å². The van der Waals surface area contributed by atoms with Crippen molar-refractivity contribution in [3.63, 3.8) is 0 Å². The molecule has 0 aromatic carbocycles. The zero-order valence-electron chi connectivity index (χ0n) is 52.8. The highest BCUT2D eigenvalue weighted by molar-refractivity contribution is 5.76. The number of carbonyl (C=O) groups is 5. The van der Waals surface area contributed by atoms with Gasteiger partial charge in [0, 0.05) is 32.6 Å². The molecule has 0 fully saturated rings. The Kier molecular flexibility index (Phi) is 145. The maximum Gasteiger partial charge on any atom is 0.302 e. The third-order valence-electron chi connectivity index (χ3n) is 10.7. The molecule has 0 aliphatic carbocycles. The lowest BCUT2D eigenvalue weighted by atomic mass is 10.1. The van der Waals surface area contributed by atoms with E-state index < -0.39 is 0 Å². The minimum absolute atomic E-state index is 0. The molecule has 0 aliphatic rings. The molecule has 0 aromatic heterocycles. The Labute approximate surface area is 500 Å². The molecule has 0 spiro atoms. The molecule has 0 saturated heterocycles. The van der Waals surface area contributed by atoms with Gasteiger partial charge in [0.05, 0.1) is 6.61 Å². The molecule has 0 aromatic rings. The average Bonchev–Trinajstić information content (AvgIpc) is 3.37. The molecular formula is C73H148O6. The lowest BCUT2D eigenvalue weighted by Crippen LogP contribution is -1.99. The first kappa shape index (κ1) is 104. The van der Waals surface area contributed by atoms with Gasteiger partial charge in [-0.1, -0.05) is 236 Å². The Balaban J connectivity index is -0.0000000675. The normalized spacial score (nSPS) is 9.38. The number of rotatable bonds is 43. The molecule has 0 rings (SSSR count). The highest BCUT2D eigenvalue weighted by Crippen LogP contribution is 2.10. The van der Waals surface area contributed by atoms with Crippen LogP contribution in [0.15, 0.2) is 74.4 Å². The summed E-state index contributed by atoms with van der Waals surface area (Å²) in [7, 11) is 0. The number of ether oxygens (including phenoxy) is 1. The summed E-state index contributed by atoms with van der Waals surface area (Å²) in [5.41, 5.74) is 0. The van der Waals surface area contributed by atoms with Crippen molar-refractivity contribution < 1.29 is 28.7 Å². The van der Waals surface area contributed by atoms with E-state index in [1.54, 1.807) is 27.7 Å². The van der Waals surface area contributed by atoms with E-state index in [2.05, 4.69) is 97.7 Å². The third-order valence-corrected chi connectivity index (χ3v) is 10.7. The zero-order chi connectivity index (χ0) is 58.5. The summed E-state index contributed by atoms with van der Waals surface area (Å²) < 4.78 is 4.86. The number of unbranched alkanes of at least 4 members (excludes halogenated alkanes) is 25. The molecule has 0 unspecified atom stereocenters. The summed E-state index contributed by atoms with van der Waals surface area (Å²) in [5.74, 6) is 1.12. The quantitative estimate of drug-likeness (QED) is 0.0343. The predicted octanol–water partition coefficient (Wildman–Crippen LogP) is 25.6. The standard InChI is InChI=1S/C14H26O2.C13H24O.2C11H20O.C10H18O.C5H10.C3H8.C2H6.4CH4/c1-3-4-5-6-7-8-9-10-11-12-13-16-14(2)15;1-3-4-5-6-7-8-9-10-11-12-13(2)14;2*1-3-4-5-6-7-8-9-10-11(2)12;1-3-4-5-6-7-8-9-10(2)11;1-3-5-4-2;1-3-2;1-2;;;;/h5-6H,3-4,7-13H2,1-2H3;5-6H,3-4,7-12H2,1-2H3;3-4H,5-10H2,1-2H3;3H,1,4-10H2,2H3;3H,1,4-9H2,2H3;3H,1,4-5H2,2H3;3H2,1-2H3;1-2H3;4*1H4/b;6-5-;;;;;;;;;;. The number of ketones is 4. The maximum atomic E-state index is 10.6. The van der Waals surface area contributed by atoms with Gasteiger partial charge in [0.2, 0.25) is 0 Å². The second-order valence-electron chi connectivity index (χ2n) is 19.3. The molecular weight excluding hydrogens is 973 g/mol. The molecule has 0 aliphatic heterocycles. The van der Waals surface area contributed by atoms with Crippen molar-refractivity contribution in [2.45, 2.75) is 364 Å². The van der Waals surface area contributed by atoms with Gasteiger partial charge in [-0.3, -0.25) is 4.79 Å². The highest BCUT2D eigenvalue weighted by Gasteiger charge is 1.97. The monoisotopic (exact) mass is 1120 g/mol. The summed E-state index contributed by atoms with van der Waals surface area (Å²) in [6.07, 6.45) is 63.2. The Morgan fingerprint density at radius 3 is 0.785 bits per heavy atom. The first-order valence-electron chi connectivity index (χ1n) is 31.0. The molecule has 0 radical (unpaired) electrons. The van der Waals surface area contributed by atoms with Crippen molar-refractivity contribution in [2.75, 3.05) is 6.61 Å². The van der Waals surface area contributed by atoms with Gasteiger partial charge in [0.25, 0.3) is 0 Å². The van der Waals surface area contributed by atoms with Crippen molar-refractivity contribution in [3.8, 4) is 0 Å². The van der Waals surface area contributed by atoms with Gasteiger partial charge in [0.1, 0.15) is 23.1 Å². The lowest BCUT2D eigenvalue weighted by Gasteiger charge is -2.01. The molecule has 6 nitrogen and oxygen atoms in total. The molecule has 476 valence electrons. The van der Waals surface area contributed by atoms with Crippen molar-refractivity contribution >= 4 is 29.1 Å². The molecule has 0 saturated carbocycles. The Hall–Kier alpha value is -3.41. The van der Waals surface area contributed by atoms with Gasteiger partial charge in [-0.25, -0.2) is 0 Å². The summed E-state index contributed by atoms with van der Waals surface area (Å²) >= 11 is 0. The summed E-state index contributed by atoms with van der Waals surface area (Å²) in [6.45, 7) is 36.4. The Morgan fingerprint density at radius 1 is 0.329 bits per heavy atom. The minimum atomic E-state index is -0.166. The van der Waals surface area contributed by atoms with Crippen molar-refractivity contribution in [2.24, 2.45) is 0 Å². The molecule has 0 amide bonds. The fourth-order valence-corrected chi connectivity index (χ4v) is 6.47. The van der Waals surface area contributed by atoms with Gasteiger partial charge in [0.15, 0.2) is 0 Å². The largest absolute Gasteiger partial charge is 0.466 e. The third kappa shape index (κ3) is 166. The van der Waals surface area contributed by atoms with Crippen LogP contribution in [0.2, 0.25) is 0 Å². The van der Waals surface area contributed by atoms with E-state index in [4.69, 9.17) is 4.74 Å². The van der Waals surface area contributed by atoms with Gasteiger partial charge >= 0.3 is 5.97 Å². The van der Waals surface area contributed by atoms with Crippen LogP contribution >= 0.6 is 0 Å². The van der Waals surface area contributed by atoms with E-state index in [1.807, 2.05) is 32.1 Å². The van der Waals surface area contributed by atoms with E-state index in [-0.39, 0.29) is 35.7 Å². The van der Waals surface area contributed by atoms with Gasteiger partial charge in [-0.05, 0) is 150 Å². The summed E-state index contributed by atoms with van der Waals surface area (Å²) in [6, 6.07) is 0. The molecule has 6 heteroatoms. The number of allylic oxidation sites excluding steroid dienone is 9. The second kappa shape index (κ2) is 110. The van der Waals surface area contributed by atoms with E-state index in [0.29, 0.717) is 29.7 Å². The Morgan fingerprint density at radius 2 is 0.557 bits per heavy atom. The fourth-order valence-electron chi connectivity index (χ4n) is 6.47. The van der Waals surface area contributed by atoms with E-state index in [0.717, 1.165) is 77.0 Å². The van der Waals surface area contributed by atoms with Crippen LogP contribution in [-0.4, -0.2) is 35.7 Å². The number of hydrogen-bond donors (Lipinski definition) is 0. The molecule has 79 heavy (non-hydrogen) atoms. The van der Waals surface area contributed by atoms with Gasteiger partial charge in [-0.2, -0.15) is 0 Å². The van der Waals surface area contributed by atoms with Crippen LogP contribution in [0.5, 0.6) is 0 Å². The summed E-state index contributed by atoms with van der Waals surface area (Å²) in [4.78, 5) is 52.8. The van der Waals surface area contributed by atoms with Crippen molar-refractivity contribution in [1.82, 2.24) is 0 Å². The van der Waals surface area contributed by atoms with E-state index in [1.165, 1.54) is 174 Å². The van der Waals surface area contributed by atoms with Crippen LogP contribution in [0, 0.1) is 0 Å². The summed E-state index contributed by atoms with van der Waals surface area (Å²) in [5, 5.41) is 0. The van der Waals surface area contributed by atoms with Crippen molar-refractivity contribution in [3.05, 3.63) is 74.4 Å². The van der Waals surface area contributed by atoms with Crippen LogP contribution in [-0.2, 0) is 28.7 Å². The van der Waals surface area contributed by atoms with Crippen LogP contribution in [0.1, 0.15) is 364 Å². The first-order valence-corrected chi connectivity index (χ1v) is 31.0. The smallest absolute Gasteiger partial charge is 0.302 e. The highest BCUT2D eigenvalue weighted by atomic mass is 16.5. The first-order chi connectivity index (χ1) is 36.2. The number of carbonyl (C=O) groups excluding carboxylic acids is 5. The molecule has 0 N–H and O–H groups in total. The lowest BCUT2D eigenvalue weighted by molar-refractivity contribution is -0.141. The molecule has 0 heterocycles. The van der Waals surface area contributed by atoms with Gasteiger partial charge in [-0.15, -0.1) is 19.7 Å². The van der Waals surface area contributed by atoms with E-state index >= 15 is 0 Å². The van der Waals surface area contributed by atoms with Crippen molar-refractivity contribution in [1.29, 1.82) is 0 Å². The second-order valence-corrected chi connectivity index (χ2v) is 19.3. The Bertz CT molecular complexity index is 1220. The van der Waals surface area contributed by atoms with Crippen LogP contribution in [0.4, 0.5) is 0 Å². The number of esters is 1. The predicted molar refractivity (Wildman–Crippen MR) is 365 cm³/mol. The minimum Gasteiger partial charge on any atom is -0.466 e. The average molecular weight is 1120 g/mol. The topological polar surface area (TPSA) is 94.6 Å². The SMILES string of the molecule is C.C.C.C.C=CCCC.C=CCCCCCCC(C)=O.C=CCCCCCCCC(C)=O.CC.CC=CCCCCCCC(C)=O.CCC.CCC/C=C\CCCCCCC(C)=O.CCCC=CCCCCCCCOC(C)=O. The van der Waals surface area contributed by atoms with Crippen LogP contribution in [0.3, 0.4) is 0 Å². The van der Waals surface area contributed by atoms with Crippen LogP contribution in [0.25, 0.3) is 0 Å². The zero-order valence-corrected chi connectivity index (χ0v) is 52.8. The van der Waals surface area contributed by atoms with Gasteiger partial charge < -0.3 is 23.9 Å². The number of hydrogen-bond acceptors (Lipinski definition) is 6. The fraction of sp³-hybridized carbons (Fsp3) is 0.767. The molecule has 0 bridgehead atoms. The molecule has 0 atom stereocenters. The number of Topliss-reactive ketones (excluding diaryl/α,β-unsaturated/α-hetero) is 4.